The van der Waals surface area contributed by atoms with Gasteiger partial charge in [0.25, 0.3) is 0 Å². The van der Waals surface area contributed by atoms with Gasteiger partial charge in [0.2, 0.25) is 0 Å². The molecular formula is C13H17NO3. The molecule has 1 aliphatic heterocycles. The SMILES string of the molecule is CN1CCC(c2ccccc2C(O)C(=O)O)C1. The number of likely N-dealkylation sites (N-methyl/N-ethyl adjacent to an activating group) is 1. The quantitative estimate of drug-likeness (QED) is 0.827. The molecule has 0 aliphatic carbocycles. The second-order valence-corrected chi connectivity index (χ2v) is 4.62. The first kappa shape index (κ1) is 12.1. The summed E-state index contributed by atoms with van der Waals surface area (Å²) in [5.41, 5.74) is 1.49. The molecule has 2 rings (SSSR count). The molecule has 1 aromatic carbocycles. The summed E-state index contributed by atoms with van der Waals surface area (Å²) in [4.78, 5) is 13.1. The van der Waals surface area contributed by atoms with Crippen molar-refractivity contribution in [3.8, 4) is 0 Å². The minimum atomic E-state index is -1.42. The highest BCUT2D eigenvalue weighted by Gasteiger charge is 2.27. The van der Waals surface area contributed by atoms with Crippen LogP contribution in [0.5, 0.6) is 0 Å². The van der Waals surface area contributed by atoms with Crippen molar-refractivity contribution in [2.45, 2.75) is 18.4 Å². The zero-order chi connectivity index (χ0) is 12.4. The summed E-state index contributed by atoms with van der Waals surface area (Å²) < 4.78 is 0. The van der Waals surface area contributed by atoms with Crippen molar-refractivity contribution in [2.24, 2.45) is 0 Å². The number of aliphatic carboxylic acids is 1. The van der Waals surface area contributed by atoms with Gasteiger partial charge < -0.3 is 15.1 Å². The number of rotatable bonds is 3. The van der Waals surface area contributed by atoms with Crippen LogP contribution in [0.3, 0.4) is 0 Å². The first-order chi connectivity index (χ1) is 8.09. The van der Waals surface area contributed by atoms with Crippen molar-refractivity contribution in [3.05, 3.63) is 35.4 Å². The van der Waals surface area contributed by atoms with E-state index in [1.165, 1.54) is 0 Å². The lowest BCUT2D eigenvalue weighted by Crippen LogP contribution is -2.16. The van der Waals surface area contributed by atoms with Crippen molar-refractivity contribution in [1.82, 2.24) is 4.90 Å². The van der Waals surface area contributed by atoms with E-state index in [-0.39, 0.29) is 0 Å². The van der Waals surface area contributed by atoms with Gasteiger partial charge in [0.15, 0.2) is 6.10 Å². The third kappa shape index (κ3) is 2.48. The van der Waals surface area contributed by atoms with Crippen molar-refractivity contribution >= 4 is 5.97 Å². The zero-order valence-corrected chi connectivity index (χ0v) is 9.84. The van der Waals surface area contributed by atoms with Crippen LogP contribution in [0.15, 0.2) is 24.3 Å². The van der Waals surface area contributed by atoms with Gasteiger partial charge in [-0.3, -0.25) is 0 Å². The summed E-state index contributed by atoms with van der Waals surface area (Å²) in [6, 6.07) is 7.28. The van der Waals surface area contributed by atoms with E-state index in [4.69, 9.17) is 5.11 Å². The van der Waals surface area contributed by atoms with Gasteiger partial charge in [-0.1, -0.05) is 24.3 Å². The van der Waals surface area contributed by atoms with Gasteiger partial charge in [-0.05, 0) is 37.1 Å². The van der Waals surface area contributed by atoms with Crippen molar-refractivity contribution in [1.29, 1.82) is 0 Å². The molecule has 1 heterocycles. The molecule has 0 aromatic heterocycles. The van der Waals surface area contributed by atoms with Crippen LogP contribution in [0.4, 0.5) is 0 Å². The standard InChI is InChI=1S/C13H17NO3/c1-14-7-6-9(8-14)10-4-2-3-5-11(10)12(15)13(16)17/h2-5,9,12,15H,6-8H2,1H3,(H,16,17). The molecule has 0 bridgehead atoms. The van der Waals surface area contributed by atoms with Crippen LogP contribution in [0.2, 0.25) is 0 Å². The van der Waals surface area contributed by atoms with Gasteiger partial charge in [-0.15, -0.1) is 0 Å². The number of likely N-dealkylation sites (tertiary alicyclic amines) is 1. The predicted molar refractivity (Wildman–Crippen MR) is 63.9 cm³/mol. The summed E-state index contributed by atoms with van der Waals surface area (Å²) in [6.07, 6.45) is -0.406. The average molecular weight is 235 g/mol. The summed E-state index contributed by atoms with van der Waals surface area (Å²) in [5, 5.41) is 18.6. The molecule has 1 aromatic rings. The average Bonchev–Trinajstić information content (AvgIpc) is 2.74. The smallest absolute Gasteiger partial charge is 0.337 e. The number of aliphatic hydroxyl groups is 1. The lowest BCUT2D eigenvalue weighted by atomic mass is 9.91. The fourth-order valence-electron chi connectivity index (χ4n) is 2.45. The highest BCUT2D eigenvalue weighted by Crippen LogP contribution is 2.31. The van der Waals surface area contributed by atoms with Crippen LogP contribution in [0, 0.1) is 0 Å². The monoisotopic (exact) mass is 235 g/mol. The van der Waals surface area contributed by atoms with E-state index >= 15 is 0 Å². The lowest BCUT2D eigenvalue weighted by Gasteiger charge is -2.17. The van der Waals surface area contributed by atoms with E-state index in [0.29, 0.717) is 11.5 Å². The first-order valence-electron chi connectivity index (χ1n) is 5.78. The Bertz CT molecular complexity index is 419. The Labute approximate surface area is 100 Å². The number of nitrogens with zero attached hydrogens (tertiary/aromatic N) is 1. The van der Waals surface area contributed by atoms with E-state index in [9.17, 15) is 9.90 Å². The molecule has 1 fully saturated rings. The van der Waals surface area contributed by atoms with Crippen LogP contribution < -0.4 is 0 Å². The van der Waals surface area contributed by atoms with Gasteiger partial charge >= 0.3 is 5.97 Å². The summed E-state index contributed by atoms with van der Waals surface area (Å²) in [5.74, 6) is -0.867. The Kier molecular flexibility index (Phi) is 3.45. The van der Waals surface area contributed by atoms with Crippen LogP contribution in [-0.2, 0) is 4.79 Å². The lowest BCUT2D eigenvalue weighted by molar-refractivity contribution is -0.147. The number of benzene rings is 1. The second-order valence-electron chi connectivity index (χ2n) is 4.62. The fourth-order valence-corrected chi connectivity index (χ4v) is 2.45. The molecule has 1 saturated heterocycles. The summed E-state index contributed by atoms with van der Waals surface area (Å²) >= 11 is 0. The molecule has 2 unspecified atom stereocenters. The minimum Gasteiger partial charge on any atom is -0.479 e. The number of carbonyl (C=O) groups is 1. The third-order valence-electron chi connectivity index (χ3n) is 3.36. The van der Waals surface area contributed by atoms with E-state index < -0.39 is 12.1 Å². The minimum absolute atomic E-state index is 0.324. The highest BCUT2D eigenvalue weighted by molar-refractivity contribution is 5.74. The van der Waals surface area contributed by atoms with Gasteiger partial charge in [-0.25, -0.2) is 4.79 Å². The molecule has 4 nitrogen and oxygen atoms in total. The normalized spacial score (nSPS) is 22.6. The van der Waals surface area contributed by atoms with Crippen LogP contribution >= 0.6 is 0 Å². The summed E-state index contributed by atoms with van der Waals surface area (Å²) in [6.45, 7) is 1.94. The number of carboxylic acids is 1. The maximum atomic E-state index is 10.9. The Balaban J connectivity index is 2.30. The van der Waals surface area contributed by atoms with Gasteiger partial charge in [-0.2, -0.15) is 0 Å². The molecule has 4 heteroatoms. The molecule has 1 aliphatic rings. The maximum Gasteiger partial charge on any atom is 0.337 e. The Morgan fingerprint density at radius 3 is 2.76 bits per heavy atom. The summed E-state index contributed by atoms with van der Waals surface area (Å²) in [7, 11) is 2.05. The predicted octanol–water partition coefficient (Wildman–Crippen LogP) is 1.22. The number of hydrogen-bond donors (Lipinski definition) is 2. The molecule has 2 N–H and O–H groups in total. The Morgan fingerprint density at radius 1 is 1.47 bits per heavy atom. The van der Waals surface area contributed by atoms with Crippen molar-refractivity contribution < 1.29 is 15.0 Å². The number of carboxylic acid groups (broad SMARTS) is 1. The third-order valence-corrected chi connectivity index (χ3v) is 3.36. The molecule has 17 heavy (non-hydrogen) atoms. The van der Waals surface area contributed by atoms with Gasteiger partial charge in [0.05, 0.1) is 0 Å². The number of hydrogen-bond acceptors (Lipinski definition) is 3. The van der Waals surface area contributed by atoms with E-state index in [1.54, 1.807) is 12.1 Å². The molecule has 2 atom stereocenters. The highest BCUT2D eigenvalue weighted by atomic mass is 16.4. The molecule has 92 valence electrons. The second kappa shape index (κ2) is 4.85. The van der Waals surface area contributed by atoms with E-state index in [1.807, 2.05) is 12.1 Å². The largest absolute Gasteiger partial charge is 0.479 e. The van der Waals surface area contributed by atoms with Crippen molar-refractivity contribution in [2.75, 3.05) is 20.1 Å². The Hall–Kier alpha value is -1.39. The zero-order valence-electron chi connectivity index (χ0n) is 9.84. The molecular weight excluding hydrogens is 218 g/mol. The molecule has 0 radical (unpaired) electrons. The first-order valence-corrected chi connectivity index (χ1v) is 5.78. The fraction of sp³-hybridized carbons (Fsp3) is 0.462. The van der Waals surface area contributed by atoms with E-state index in [0.717, 1.165) is 25.1 Å². The van der Waals surface area contributed by atoms with Crippen LogP contribution in [0.1, 0.15) is 29.6 Å². The number of aliphatic hydroxyl groups excluding tert-OH is 1. The van der Waals surface area contributed by atoms with Gasteiger partial charge in [0.1, 0.15) is 0 Å². The molecule has 0 saturated carbocycles. The van der Waals surface area contributed by atoms with E-state index in [2.05, 4.69) is 11.9 Å². The van der Waals surface area contributed by atoms with Crippen LogP contribution in [-0.4, -0.2) is 41.2 Å². The molecule has 0 amide bonds. The maximum absolute atomic E-state index is 10.9. The van der Waals surface area contributed by atoms with Crippen molar-refractivity contribution in [3.63, 3.8) is 0 Å². The van der Waals surface area contributed by atoms with Gasteiger partial charge in [0, 0.05) is 6.54 Å². The Morgan fingerprint density at radius 2 is 2.18 bits per heavy atom. The van der Waals surface area contributed by atoms with Crippen LogP contribution in [0.25, 0.3) is 0 Å². The topological polar surface area (TPSA) is 60.8 Å². The molecule has 0 spiro atoms.